The van der Waals surface area contributed by atoms with Crippen molar-refractivity contribution >= 4 is 27.6 Å². The quantitative estimate of drug-likeness (QED) is 0.790. The van der Waals surface area contributed by atoms with Crippen molar-refractivity contribution in [3.05, 3.63) is 34.3 Å². The second-order valence-electron chi connectivity index (χ2n) is 5.20. The number of sulfonamides is 1. The number of hydrogen-bond acceptors (Lipinski definition) is 4. The largest absolute Gasteiger partial charge is 0.469 e. The van der Waals surface area contributed by atoms with Crippen LogP contribution in [0.5, 0.6) is 0 Å². The summed E-state index contributed by atoms with van der Waals surface area (Å²) in [5, 5.41) is 0.657. The van der Waals surface area contributed by atoms with Gasteiger partial charge >= 0.3 is 5.97 Å². The van der Waals surface area contributed by atoms with Crippen molar-refractivity contribution in [2.24, 2.45) is 5.92 Å². The zero-order valence-corrected chi connectivity index (χ0v) is 13.6. The van der Waals surface area contributed by atoms with E-state index in [0.717, 1.165) is 11.1 Å². The number of esters is 1. The molecule has 116 valence electrons. The predicted molar refractivity (Wildman–Crippen MR) is 80.5 cm³/mol. The second kappa shape index (κ2) is 6.34. The molecule has 0 aromatic heterocycles. The van der Waals surface area contributed by atoms with E-state index in [1.54, 1.807) is 13.0 Å². The SMILES string of the molecule is COC(=O)[C@H](C)CS(=O)(=O)N1CCc2cc(Cl)ccc2C1. The molecule has 1 aromatic carbocycles. The smallest absolute Gasteiger partial charge is 0.309 e. The highest BCUT2D eigenvalue weighted by Gasteiger charge is 2.30. The molecule has 0 saturated heterocycles. The van der Waals surface area contributed by atoms with Crippen LogP contribution in [-0.2, 0) is 32.5 Å². The third-order valence-electron chi connectivity index (χ3n) is 3.60. The number of nitrogens with zero attached hydrogens (tertiary/aromatic N) is 1. The maximum absolute atomic E-state index is 12.4. The van der Waals surface area contributed by atoms with Gasteiger partial charge in [0, 0.05) is 18.1 Å². The Morgan fingerprint density at radius 1 is 1.43 bits per heavy atom. The average molecular weight is 332 g/mol. The van der Waals surface area contributed by atoms with E-state index < -0.39 is 21.9 Å². The van der Waals surface area contributed by atoms with Crippen LogP contribution in [0.15, 0.2) is 18.2 Å². The van der Waals surface area contributed by atoms with Crippen molar-refractivity contribution in [3.8, 4) is 0 Å². The fraction of sp³-hybridized carbons (Fsp3) is 0.500. The molecule has 1 aliphatic heterocycles. The second-order valence-corrected chi connectivity index (χ2v) is 7.65. The van der Waals surface area contributed by atoms with Gasteiger partial charge in [-0.2, -0.15) is 4.31 Å². The molecule has 0 amide bonds. The van der Waals surface area contributed by atoms with Gasteiger partial charge in [0.2, 0.25) is 10.0 Å². The average Bonchev–Trinajstić information content (AvgIpc) is 2.45. The summed E-state index contributed by atoms with van der Waals surface area (Å²) in [5.74, 6) is -1.42. The molecule has 0 fully saturated rings. The number of benzene rings is 1. The molecule has 0 aliphatic carbocycles. The summed E-state index contributed by atoms with van der Waals surface area (Å²) in [6.45, 7) is 2.29. The highest BCUT2D eigenvalue weighted by atomic mass is 35.5. The summed E-state index contributed by atoms with van der Waals surface area (Å²) in [5.41, 5.74) is 2.04. The summed E-state index contributed by atoms with van der Waals surface area (Å²) < 4.78 is 30.8. The fourth-order valence-electron chi connectivity index (χ4n) is 2.42. The summed E-state index contributed by atoms with van der Waals surface area (Å²) in [6.07, 6.45) is 0.627. The molecule has 21 heavy (non-hydrogen) atoms. The summed E-state index contributed by atoms with van der Waals surface area (Å²) >= 11 is 5.94. The van der Waals surface area contributed by atoms with Gasteiger partial charge in [-0.1, -0.05) is 24.6 Å². The van der Waals surface area contributed by atoms with E-state index in [9.17, 15) is 13.2 Å². The third-order valence-corrected chi connectivity index (χ3v) is 5.86. The topological polar surface area (TPSA) is 63.7 Å². The Morgan fingerprint density at radius 3 is 2.81 bits per heavy atom. The minimum Gasteiger partial charge on any atom is -0.469 e. The Labute approximate surface area is 129 Å². The number of halogens is 1. The van der Waals surface area contributed by atoms with Crippen molar-refractivity contribution in [3.63, 3.8) is 0 Å². The molecule has 0 bridgehead atoms. The number of hydrogen-bond donors (Lipinski definition) is 0. The van der Waals surface area contributed by atoms with E-state index in [-0.39, 0.29) is 5.75 Å². The first kappa shape index (κ1) is 16.3. The van der Waals surface area contributed by atoms with Gasteiger partial charge in [0.15, 0.2) is 0 Å². The minimum absolute atomic E-state index is 0.234. The molecule has 5 nitrogen and oxygen atoms in total. The molecule has 1 aliphatic rings. The van der Waals surface area contributed by atoms with Gasteiger partial charge in [-0.15, -0.1) is 0 Å². The number of ether oxygens (including phenoxy) is 1. The first-order valence-corrected chi connectivity index (χ1v) is 8.65. The first-order valence-electron chi connectivity index (χ1n) is 6.66. The molecular formula is C14H18ClNO4S. The molecular weight excluding hydrogens is 314 g/mol. The molecule has 2 rings (SSSR count). The van der Waals surface area contributed by atoms with E-state index in [0.29, 0.717) is 24.5 Å². The highest BCUT2D eigenvalue weighted by Crippen LogP contribution is 2.25. The molecule has 7 heteroatoms. The van der Waals surface area contributed by atoms with Crippen molar-refractivity contribution in [2.45, 2.75) is 19.9 Å². The maximum Gasteiger partial charge on any atom is 0.309 e. The third kappa shape index (κ3) is 3.75. The van der Waals surface area contributed by atoms with Crippen LogP contribution in [-0.4, -0.2) is 38.1 Å². The van der Waals surface area contributed by atoms with Gasteiger partial charge in [-0.3, -0.25) is 4.79 Å². The van der Waals surface area contributed by atoms with Crippen LogP contribution in [0.3, 0.4) is 0 Å². The lowest BCUT2D eigenvalue weighted by molar-refractivity contribution is -0.144. The Hall–Kier alpha value is -1.11. The molecule has 1 aromatic rings. The molecule has 0 N–H and O–H groups in total. The number of rotatable bonds is 4. The standard InChI is InChI=1S/C14H18ClNO4S/c1-10(14(17)20-2)9-21(18,19)16-6-5-11-7-13(15)4-3-12(11)8-16/h3-4,7,10H,5-6,8-9H2,1-2H3/t10-/m1/s1. The summed E-state index contributed by atoms with van der Waals surface area (Å²) in [7, 11) is -2.23. The minimum atomic E-state index is -3.49. The molecule has 0 radical (unpaired) electrons. The van der Waals surface area contributed by atoms with Crippen LogP contribution >= 0.6 is 11.6 Å². The van der Waals surface area contributed by atoms with Crippen molar-refractivity contribution in [1.29, 1.82) is 0 Å². The van der Waals surface area contributed by atoms with Crippen LogP contribution < -0.4 is 0 Å². The molecule has 0 saturated carbocycles. The number of fused-ring (bicyclic) bond motifs is 1. The van der Waals surface area contributed by atoms with Crippen molar-refractivity contribution in [1.82, 2.24) is 4.31 Å². The van der Waals surface area contributed by atoms with Gasteiger partial charge in [-0.25, -0.2) is 8.42 Å². The normalized spacial score (nSPS) is 17.1. The van der Waals surface area contributed by atoms with Gasteiger partial charge in [-0.05, 0) is 29.7 Å². The summed E-state index contributed by atoms with van der Waals surface area (Å²) in [6, 6.07) is 5.48. The number of carbonyl (C=O) groups is 1. The predicted octanol–water partition coefficient (Wildman–Crippen LogP) is 1.84. The fourth-order valence-corrected chi connectivity index (χ4v) is 4.30. The number of methoxy groups -OCH3 is 1. The highest BCUT2D eigenvalue weighted by molar-refractivity contribution is 7.89. The molecule has 1 heterocycles. The zero-order chi connectivity index (χ0) is 15.6. The molecule has 0 spiro atoms. The number of carbonyl (C=O) groups excluding carboxylic acids is 1. The van der Waals surface area contributed by atoms with Crippen LogP contribution in [0.4, 0.5) is 0 Å². The first-order chi connectivity index (χ1) is 9.83. The van der Waals surface area contributed by atoms with E-state index in [1.165, 1.54) is 11.4 Å². The van der Waals surface area contributed by atoms with Gasteiger partial charge in [0.1, 0.15) is 0 Å². The Kier molecular flexibility index (Phi) is 4.91. The Bertz CT molecular complexity index is 644. The zero-order valence-electron chi connectivity index (χ0n) is 12.0. The maximum atomic E-state index is 12.4. The van der Waals surface area contributed by atoms with Gasteiger partial charge in [0.25, 0.3) is 0 Å². The van der Waals surface area contributed by atoms with Gasteiger partial charge < -0.3 is 4.74 Å². The van der Waals surface area contributed by atoms with E-state index in [1.807, 2.05) is 12.1 Å². The van der Waals surface area contributed by atoms with Crippen molar-refractivity contribution < 1.29 is 17.9 Å². The van der Waals surface area contributed by atoms with Crippen molar-refractivity contribution in [2.75, 3.05) is 19.4 Å². The van der Waals surface area contributed by atoms with Crippen LogP contribution in [0.1, 0.15) is 18.1 Å². The molecule has 1 atom stereocenters. The Morgan fingerprint density at radius 2 is 2.14 bits per heavy atom. The molecule has 0 unspecified atom stereocenters. The Balaban J connectivity index is 2.12. The lowest BCUT2D eigenvalue weighted by Crippen LogP contribution is -2.39. The van der Waals surface area contributed by atoms with Gasteiger partial charge in [0.05, 0.1) is 18.8 Å². The lowest BCUT2D eigenvalue weighted by Gasteiger charge is -2.28. The van der Waals surface area contributed by atoms with E-state index in [4.69, 9.17) is 11.6 Å². The van der Waals surface area contributed by atoms with Crippen LogP contribution in [0.2, 0.25) is 5.02 Å². The monoisotopic (exact) mass is 331 g/mol. The van der Waals surface area contributed by atoms with Crippen LogP contribution in [0.25, 0.3) is 0 Å². The lowest BCUT2D eigenvalue weighted by atomic mass is 10.0. The summed E-state index contributed by atoms with van der Waals surface area (Å²) in [4.78, 5) is 11.4. The van der Waals surface area contributed by atoms with E-state index >= 15 is 0 Å². The van der Waals surface area contributed by atoms with E-state index in [2.05, 4.69) is 4.74 Å². The van der Waals surface area contributed by atoms with Crippen LogP contribution in [0, 0.1) is 5.92 Å².